The van der Waals surface area contributed by atoms with Crippen molar-refractivity contribution in [2.75, 3.05) is 18.4 Å². The van der Waals surface area contributed by atoms with Crippen molar-refractivity contribution in [2.45, 2.75) is 46.1 Å². The number of rotatable bonds is 3. The minimum absolute atomic E-state index is 0.137. The molecule has 1 aliphatic heterocycles. The number of carbonyl (C=O) groups is 1. The van der Waals surface area contributed by atoms with Gasteiger partial charge in [0.25, 0.3) is 5.91 Å². The number of hydrogen-bond donors (Lipinski definition) is 2. The molecule has 0 aliphatic carbocycles. The summed E-state index contributed by atoms with van der Waals surface area (Å²) in [6.45, 7) is 8.05. The van der Waals surface area contributed by atoms with Crippen LogP contribution in [0.3, 0.4) is 0 Å². The maximum Gasteiger partial charge on any atom is 0.279 e. The summed E-state index contributed by atoms with van der Waals surface area (Å²) in [7, 11) is 0. The molecule has 1 unspecified atom stereocenters. The van der Waals surface area contributed by atoms with Gasteiger partial charge >= 0.3 is 0 Å². The van der Waals surface area contributed by atoms with Crippen molar-refractivity contribution in [1.29, 1.82) is 0 Å². The monoisotopic (exact) mass is 261 g/mol. The highest BCUT2D eigenvalue weighted by Gasteiger charge is 2.24. The van der Waals surface area contributed by atoms with Crippen LogP contribution in [0.25, 0.3) is 0 Å². The number of amides is 1. The summed E-state index contributed by atoms with van der Waals surface area (Å²) >= 11 is 0. The van der Waals surface area contributed by atoms with Gasteiger partial charge in [-0.1, -0.05) is 12.1 Å². The third-order valence-corrected chi connectivity index (χ3v) is 4.14. The molecule has 2 N–H and O–H groups in total. The molecular formula is C16H25N2O+. The Morgan fingerprint density at radius 1 is 1.37 bits per heavy atom. The van der Waals surface area contributed by atoms with Crippen molar-refractivity contribution < 1.29 is 9.69 Å². The van der Waals surface area contributed by atoms with Crippen molar-refractivity contribution in [3.63, 3.8) is 0 Å². The molecule has 3 nitrogen and oxygen atoms in total. The number of hydrogen-bond acceptors (Lipinski definition) is 1. The van der Waals surface area contributed by atoms with E-state index < -0.39 is 0 Å². The Labute approximate surface area is 116 Å². The Morgan fingerprint density at radius 3 is 2.89 bits per heavy atom. The van der Waals surface area contributed by atoms with Crippen LogP contribution in [0.2, 0.25) is 0 Å². The zero-order valence-corrected chi connectivity index (χ0v) is 12.3. The molecule has 1 fully saturated rings. The van der Waals surface area contributed by atoms with Crippen LogP contribution in [0.15, 0.2) is 18.2 Å². The molecule has 2 rings (SSSR count). The molecule has 1 aromatic rings. The first-order valence-corrected chi connectivity index (χ1v) is 7.28. The van der Waals surface area contributed by atoms with Crippen molar-refractivity contribution in [3.8, 4) is 0 Å². The van der Waals surface area contributed by atoms with E-state index in [9.17, 15) is 4.79 Å². The van der Waals surface area contributed by atoms with E-state index in [4.69, 9.17) is 0 Å². The third-order valence-electron chi connectivity index (χ3n) is 4.14. The van der Waals surface area contributed by atoms with Crippen LogP contribution in [0.4, 0.5) is 5.69 Å². The summed E-state index contributed by atoms with van der Waals surface area (Å²) in [6.07, 6.45) is 3.80. The van der Waals surface area contributed by atoms with Gasteiger partial charge in [-0.25, -0.2) is 0 Å². The van der Waals surface area contributed by atoms with Gasteiger partial charge in [0.1, 0.15) is 0 Å². The molecule has 19 heavy (non-hydrogen) atoms. The largest absolute Gasteiger partial charge is 0.325 e. The van der Waals surface area contributed by atoms with Gasteiger partial charge < -0.3 is 10.2 Å². The predicted octanol–water partition coefficient (Wildman–Crippen LogP) is 1.70. The number of likely N-dealkylation sites (tertiary alicyclic amines) is 1. The van der Waals surface area contributed by atoms with E-state index in [-0.39, 0.29) is 5.91 Å². The lowest BCUT2D eigenvalue weighted by atomic mass is 10.0. The second-order valence-electron chi connectivity index (χ2n) is 5.85. The number of carbonyl (C=O) groups excluding carboxylic acids is 1. The molecule has 0 aromatic heterocycles. The number of nitrogens with one attached hydrogen (secondary N) is 2. The first-order valence-electron chi connectivity index (χ1n) is 7.28. The molecule has 3 heteroatoms. The fourth-order valence-corrected chi connectivity index (χ4v) is 2.79. The van der Waals surface area contributed by atoms with E-state index in [1.807, 2.05) is 19.9 Å². The summed E-state index contributed by atoms with van der Waals surface area (Å²) < 4.78 is 0. The van der Waals surface area contributed by atoms with E-state index in [0.717, 1.165) is 17.8 Å². The zero-order chi connectivity index (χ0) is 13.8. The van der Waals surface area contributed by atoms with Crippen LogP contribution in [0, 0.1) is 13.8 Å². The topological polar surface area (TPSA) is 33.5 Å². The van der Waals surface area contributed by atoms with Crippen LogP contribution < -0.4 is 10.2 Å². The first-order chi connectivity index (χ1) is 9.06. The number of piperidine rings is 1. The highest BCUT2D eigenvalue weighted by Crippen LogP contribution is 2.15. The molecule has 0 radical (unpaired) electrons. The first kappa shape index (κ1) is 14.1. The van der Waals surface area contributed by atoms with Crippen molar-refractivity contribution in [3.05, 3.63) is 29.3 Å². The molecule has 104 valence electrons. The molecule has 0 bridgehead atoms. The summed E-state index contributed by atoms with van der Waals surface area (Å²) in [5, 5.41) is 3.06. The van der Waals surface area contributed by atoms with Gasteiger partial charge in [0.2, 0.25) is 0 Å². The minimum atomic E-state index is 0.137. The van der Waals surface area contributed by atoms with Gasteiger partial charge in [-0.15, -0.1) is 0 Å². The maximum atomic E-state index is 12.2. The van der Waals surface area contributed by atoms with E-state index >= 15 is 0 Å². The predicted molar refractivity (Wildman–Crippen MR) is 78.6 cm³/mol. The van der Waals surface area contributed by atoms with E-state index in [1.165, 1.54) is 29.7 Å². The fraction of sp³-hybridized carbons (Fsp3) is 0.562. The summed E-state index contributed by atoms with van der Waals surface area (Å²) in [4.78, 5) is 13.6. The standard InChI is InChI=1S/C16H24N2O/c1-12-7-8-13(2)15(10-12)17-16(19)11-18-9-5-4-6-14(18)3/h7-8,10,14H,4-6,9,11H2,1-3H3,(H,17,19)/p+1/t14-/m0/s1. The molecule has 1 amide bonds. The summed E-state index contributed by atoms with van der Waals surface area (Å²) in [5.41, 5.74) is 3.26. The Balaban J connectivity index is 1.95. The molecule has 1 saturated heterocycles. The molecule has 1 aromatic carbocycles. The van der Waals surface area contributed by atoms with E-state index in [2.05, 4.69) is 24.4 Å². The van der Waals surface area contributed by atoms with Crippen molar-refractivity contribution in [2.24, 2.45) is 0 Å². The zero-order valence-electron chi connectivity index (χ0n) is 12.3. The van der Waals surface area contributed by atoms with Crippen LogP contribution >= 0.6 is 0 Å². The van der Waals surface area contributed by atoms with Crippen LogP contribution in [-0.2, 0) is 4.79 Å². The average Bonchev–Trinajstić information content (AvgIpc) is 2.37. The Bertz CT molecular complexity index is 456. The van der Waals surface area contributed by atoms with Gasteiger partial charge in [0, 0.05) is 5.69 Å². The van der Waals surface area contributed by atoms with Crippen molar-refractivity contribution in [1.82, 2.24) is 0 Å². The molecule has 2 atom stereocenters. The lowest BCUT2D eigenvalue weighted by Gasteiger charge is -2.29. The van der Waals surface area contributed by atoms with E-state index in [1.54, 1.807) is 0 Å². The quantitative estimate of drug-likeness (QED) is 0.853. The fourth-order valence-electron chi connectivity index (χ4n) is 2.79. The molecule has 1 aliphatic rings. The van der Waals surface area contributed by atoms with Crippen molar-refractivity contribution >= 4 is 11.6 Å². The van der Waals surface area contributed by atoms with E-state index in [0.29, 0.717) is 12.6 Å². The maximum absolute atomic E-state index is 12.2. The molecule has 0 spiro atoms. The number of quaternary nitrogens is 1. The van der Waals surface area contributed by atoms with Gasteiger partial charge in [-0.3, -0.25) is 4.79 Å². The second-order valence-corrected chi connectivity index (χ2v) is 5.85. The number of anilines is 1. The van der Waals surface area contributed by atoms with Gasteiger partial charge in [0.05, 0.1) is 12.6 Å². The summed E-state index contributed by atoms with van der Waals surface area (Å²) in [5.74, 6) is 0.137. The Hall–Kier alpha value is -1.35. The summed E-state index contributed by atoms with van der Waals surface area (Å²) in [6, 6.07) is 6.78. The molecular weight excluding hydrogens is 236 g/mol. The van der Waals surface area contributed by atoms with Crippen LogP contribution in [0.1, 0.15) is 37.3 Å². The lowest BCUT2D eigenvalue weighted by Crippen LogP contribution is -3.17. The Kier molecular flexibility index (Phi) is 4.59. The SMILES string of the molecule is Cc1ccc(C)c(NC(=O)C[NH+]2CCCC[C@@H]2C)c1. The van der Waals surface area contributed by atoms with Gasteiger partial charge in [0.15, 0.2) is 6.54 Å². The second kappa shape index (κ2) is 6.20. The minimum Gasteiger partial charge on any atom is -0.325 e. The van der Waals surface area contributed by atoms with Gasteiger partial charge in [-0.2, -0.15) is 0 Å². The van der Waals surface area contributed by atoms with Gasteiger partial charge in [-0.05, 0) is 57.2 Å². The highest BCUT2D eigenvalue weighted by molar-refractivity contribution is 5.92. The van der Waals surface area contributed by atoms with Crippen LogP contribution in [0.5, 0.6) is 0 Å². The average molecular weight is 261 g/mol. The van der Waals surface area contributed by atoms with Crippen LogP contribution in [-0.4, -0.2) is 25.0 Å². The highest BCUT2D eigenvalue weighted by atomic mass is 16.2. The lowest BCUT2D eigenvalue weighted by molar-refractivity contribution is -0.920. The molecule has 0 saturated carbocycles. The third kappa shape index (κ3) is 3.80. The molecule has 1 heterocycles. The Morgan fingerprint density at radius 2 is 2.16 bits per heavy atom. The smallest absolute Gasteiger partial charge is 0.279 e. The number of aryl methyl sites for hydroxylation is 2. The normalized spacial score (nSPS) is 23.1. The number of benzene rings is 1.